The topological polar surface area (TPSA) is 46.3 Å². The third kappa shape index (κ3) is 3.52. The van der Waals surface area contributed by atoms with E-state index in [0.717, 1.165) is 31.7 Å². The van der Waals surface area contributed by atoms with E-state index in [-0.39, 0.29) is 11.7 Å². The Balaban J connectivity index is 1.64. The number of furan rings is 1. The molecule has 1 atom stereocenters. The van der Waals surface area contributed by atoms with Crippen LogP contribution in [0.1, 0.15) is 29.1 Å². The Morgan fingerprint density at radius 1 is 1.38 bits per heavy atom. The molecule has 21 heavy (non-hydrogen) atoms. The van der Waals surface area contributed by atoms with Gasteiger partial charge in [-0.3, -0.25) is 14.7 Å². The first-order valence-corrected chi connectivity index (χ1v) is 7.52. The smallest absolute Gasteiger partial charge is 0.193 e. The number of likely N-dealkylation sites (tertiary alicyclic amines) is 1. The third-order valence-corrected chi connectivity index (χ3v) is 4.01. The van der Waals surface area contributed by atoms with Gasteiger partial charge in [0.2, 0.25) is 0 Å². The minimum Gasteiger partial charge on any atom is -0.448 e. The summed E-state index contributed by atoms with van der Waals surface area (Å²) in [4.78, 5) is 18.9. The van der Waals surface area contributed by atoms with Crippen LogP contribution in [0, 0.1) is 5.92 Å². The van der Waals surface area contributed by atoms with Gasteiger partial charge in [-0.1, -0.05) is 6.07 Å². The molecule has 1 fully saturated rings. The molecule has 2 aromatic heterocycles. The molecule has 1 unspecified atom stereocenters. The molecule has 1 saturated heterocycles. The van der Waals surface area contributed by atoms with Crippen molar-refractivity contribution in [1.29, 1.82) is 0 Å². The van der Waals surface area contributed by atoms with E-state index in [1.54, 1.807) is 18.3 Å². The number of halogens is 1. The predicted octanol–water partition coefficient (Wildman–Crippen LogP) is 3.42. The lowest BCUT2D eigenvalue weighted by Crippen LogP contribution is -2.38. The minimum atomic E-state index is 0.0130. The van der Waals surface area contributed by atoms with Gasteiger partial charge >= 0.3 is 0 Å². The molecule has 0 aromatic carbocycles. The molecular weight excluding hydrogens is 288 g/mol. The van der Waals surface area contributed by atoms with Crippen LogP contribution in [0.2, 0.25) is 5.22 Å². The normalized spacial score (nSPS) is 19.6. The molecule has 0 radical (unpaired) electrons. The quantitative estimate of drug-likeness (QED) is 0.812. The maximum atomic E-state index is 12.5. The van der Waals surface area contributed by atoms with Crippen molar-refractivity contribution in [2.24, 2.45) is 5.92 Å². The summed E-state index contributed by atoms with van der Waals surface area (Å²) < 4.78 is 5.39. The number of hydrogen-bond donors (Lipinski definition) is 0. The van der Waals surface area contributed by atoms with Crippen molar-refractivity contribution in [1.82, 2.24) is 9.88 Å². The van der Waals surface area contributed by atoms with Crippen LogP contribution in [0.5, 0.6) is 0 Å². The van der Waals surface area contributed by atoms with Gasteiger partial charge in [0.05, 0.1) is 6.54 Å². The first-order chi connectivity index (χ1) is 10.2. The number of Topliss-reactive ketones (excluding diaryl/α,β-unsaturated/α-hetero) is 1. The average Bonchev–Trinajstić information content (AvgIpc) is 2.93. The number of carbonyl (C=O) groups excluding carboxylic acids is 1. The summed E-state index contributed by atoms with van der Waals surface area (Å²) in [6.07, 6.45) is 3.60. The van der Waals surface area contributed by atoms with Gasteiger partial charge in [0, 0.05) is 18.7 Å². The molecule has 1 aliphatic rings. The molecule has 0 N–H and O–H groups in total. The maximum absolute atomic E-state index is 12.5. The Morgan fingerprint density at radius 2 is 2.29 bits per heavy atom. The van der Waals surface area contributed by atoms with Crippen molar-refractivity contribution in [3.05, 3.63) is 53.2 Å². The number of carbonyl (C=O) groups is 1. The van der Waals surface area contributed by atoms with Crippen LogP contribution >= 0.6 is 11.6 Å². The fourth-order valence-electron chi connectivity index (χ4n) is 2.79. The summed E-state index contributed by atoms with van der Waals surface area (Å²) in [5.41, 5.74) is 0.561. The van der Waals surface area contributed by atoms with Gasteiger partial charge in [-0.25, -0.2) is 0 Å². The largest absolute Gasteiger partial charge is 0.448 e. The van der Waals surface area contributed by atoms with E-state index in [0.29, 0.717) is 17.5 Å². The molecule has 0 amide bonds. The molecule has 3 heterocycles. The molecule has 110 valence electrons. The van der Waals surface area contributed by atoms with E-state index >= 15 is 0 Å². The molecule has 0 bridgehead atoms. The van der Waals surface area contributed by atoms with Gasteiger partial charge in [0.1, 0.15) is 11.5 Å². The van der Waals surface area contributed by atoms with Crippen molar-refractivity contribution >= 4 is 17.4 Å². The minimum absolute atomic E-state index is 0.0130. The van der Waals surface area contributed by atoms with Crippen LogP contribution in [0.15, 0.2) is 40.9 Å². The summed E-state index contributed by atoms with van der Waals surface area (Å²) in [7, 11) is 0. The number of ketones is 1. The molecule has 3 rings (SSSR count). The second-order valence-corrected chi connectivity index (χ2v) is 5.73. The van der Waals surface area contributed by atoms with Crippen LogP contribution in [0.3, 0.4) is 0 Å². The zero-order chi connectivity index (χ0) is 14.7. The summed E-state index contributed by atoms with van der Waals surface area (Å²) >= 11 is 5.79. The predicted molar refractivity (Wildman–Crippen MR) is 80.3 cm³/mol. The molecule has 0 aliphatic carbocycles. The Kier molecular flexibility index (Phi) is 4.36. The highest BCUT2D eigenvalue weighted by Crippen LogP contribution is 2.23. The molecule has 4 nitrogen and oxygen atoms in total. The van der Waals surface area contributed by atoms with E-state index < -0.39 is 0 Å². The fraction of sp³-hybridized carbons (Fsp3) is 0.375. The zero-order valence-corrected chi connectivity index (χ0v) is 12.4. The Bertz CT molecular complexity index is 612. The molecule has 1 aliphatic heterocycles. The molecule has 0 spiro atoms. The summed E-state index contributed by atoms with van der Waals surface area (Å²) in [5.74, 6) is 0.989. The Labute approximate surface area is 128 Å². The van der Waals surface area contributed by atoms with Crippen LogP contribution in [-0.4, -0.2) is 28.8 Å². The van der Waals surface area contributed by atoms with Gasteiger partial charge in [-0.05, 0) is 55.3 Å². The Hall–Kier alpha value is -1.65. The maximum Gasteiger partial charge on any atom is 0.193 e. The highest BCUT2D eigenvalue weighted by molar-refractivity contribution is 6.28. The van der Waals surface area contributed by atoms with Crippen LogP contribution in [0.4, 0.5) is 0 Å². The Morgan fingerprint density at radius 3 is 3.00 bits per heavy atom. The number of hydrogen-bond acceptors (Lipinski definition) is 4. The van der Waals surface area contributed by atoms with Crippen LogP contribution in [-0.2, 0) is 6.54 Å². The molecule has 2 aromatic rings. The van der Waals surface area contributed by atoms with Crippen molar-refractivity contribution in [3.63, 3.8) is 0 Å². The zero-order valence-electron chi connectivity index (χ0n) is 11.7. The summed E-state index contributed by atoms with van der Waals surface area (Å²) in [6.45, 7) is 2.41. The molecule has 5 heteroatoms. The first-order valence-electron chi connectivity index (χ1n) is 7.14. The lowest BCUT2D eigenvalue weighted by Gasteiger charge is -2.31. The third-order valence-electron chi connectivity index (χ3n) is 3.80. The monoisotopic (exact) mass is 304 g/mol. The van der Waals surface area contributed by atoms with Crippen molar-refractivity contribution in [2.45, 2.75) is 19.4 Å². The number of nitrogens with zero attached hydrogens (tertiary/aromatic N) is 2. The van der Waals surface area contributed by atoms with E-state index in [1.165, 1.54) is 0 Å². The van der Waals surface area contributed by atoms with E-state index in [9.17, 15) is 4.79 Å². The van der Waals surface area contributed by atoms with E-state index in [2.05, 4.69) is 9.88 Å². The van der Waals surface area contributed by atoms with E-state index in [4.69, 9.17) is 16.0 Å². The van der Waals surface area contributed by atoms with Crippen molar-refractivity contribution in [3.8, 4) is 0 Å². The highest BCUT2D eigenvalue weighted by Gasteiger charge is 2.27. The van der Waals surface area contributed by atoms with Crippen molar-refractivity contribution < 1.29 is 9.21 Å². The average molecular weight is 305 g/mol. The van der Waals surface area contributed by atoms with Gasteiger partial charge in [-0.15, -0.1) is 0 Å². The highest BCUT2D eigenvalue weighted by atomic mass is 35.5. The first kappa shape index (κ1) is 14.3. The second-order valence-electron chi connectivity index (χ2n) is 5.36. The number of pyridine rings is 1. The number of rotatable bonds is 4. The van der Waals surface area contributed by atoms with E-state index in [1.807, 2.05) is 18.2 Å². The van der Waals surface area contributed by atoms with Gasteiger partial charge in [-0.2, -0.15) is 0 Å². The van der Waals surface area contributed by atoms with Crippen molar-refractivity contribution in [2.75, 3.05) is 13.1 Å². The van der Waals surface area contributed by atoms with Gasteiger partial charge < -0.3 is 4.42 Å². The summed E-state index contributed by atoms with van der Waals surface area (Å²) in [6, 6.07) is 9.09. The van der Waals surface area contributed by atoms with Crippen LogP contribution in [0.25, 0.3) is 0 Å². The van der Waals surface area contributed by atoms with Gasteiger partial charge in [0.15, 0.2) is 11.0 Å². The standard InChI is InChI=1S/C16H17ClN2O2/c17-15-7-6-13(21-15)11-19-9-3-4-12(10-19)16(20)14-5-1-2-8-18-14/h1-2,5-8,12H,3-4,9-11H2. The van der Waals surface area contributed by atoms with Gasteiger partial charge in [0.25, 0.3) is 0 Å². The number of piperidine rings is 1. The molecular formula is C16H17ClN2O2. The number of aromatic nitrogens is 1. The second kappa shape index (κ2) is 6.41. The summed E-state index contributed by atoms with van der Waals surface area (Å²) in [5, 5.41) is 0.406. The lowest BCUT2D eigenvalue weighted by atomic mass is 9.92. The lowest BCUT2D eigenvalue weighted by molar-refractivity contribution is 0.0797. The SMILES string of the molecule is O=C(c1ccccn1)C1CCCN(Cc2ccc(Cl)o2)C1. The van der Waals surface area contributed by atoms with Crippen LogP contribution < -0.4 is 0 Å². The fourth-order valence-corrected chi connectivity index (χ4v) is 2.95. The molecule has 0 saturated carbocycles.